The molecule has 0 spiro atoms. The smallest absolute Gasteiger partial charge is 0.386 e. The molecule has 57 heavy (non-hydrogen) atoms. The zero-order valence-electron chi connectivity index (χ0n) is 33.0. The van der Waals surface area contributed by atoms with Crippen LogP contribution in [0.1, 0.15) is 74.5 Å². The van der Waals surface area contributed by atoms with E-state index in [1.165, 1.54) is 17.1 Å². The van der Waals surface area contributed by atoms with Crippen LogP contribution in [0.4, 0.5) is 4.39 Å². The van der Waals surface area contributed by atoms with E-state index in [1.54, 1.807) is 6.07 Å². The summed E-state index contributed by atoms with van der Waals surface area (Å²) in [6.45, 7) is 6.09. The maximum absolute atomic E-state index is 15.5. The first-order chi connectivity index (χ1) is 26.7. The number of nitrogens with one attached hydrogen (secondary N) is 1. The van der Waals surface area contributed by atoms with Crippen LogP contribution in [0.3, 0.4) is 0 Å². The first-order valence-corrected chi connectivity index (χ1v) is 28.3. The van der Waals surface area contributed by atoms with E-state index in [0.29, 0.717) is 12.3 Å². The number of fused-ring (bicyclic) bond motifs is 4. The number of H-pyrrole nitrogens is 1. The molecule has 24 heteroatoms. The molecule has 3 aliphatic rings. The lowest BCUT2D eigenvalue weighted by molar-refractivity contribution is -0.0489. The van der Waals surface area contributed by atoms with Crippen molar-refractivity contribution in [2.45, 2.75) is 127 Å². The van der Waals surface area contributed by atoms with Crippen molar-refractivity contribution in [1.82, 2.24) is 24.5 Å². The van der Waals surface area contributed by atoms with Crippen LogP contribution in [-0.4, -0.2) is 90.2 Å². The van der Waals surface area contributed by atoms with Gasteiger partial charge in [-0.3, -0.25) is 18.4 Å². The SMILES string of the molecule is CC(C)[Si](O)(O[Si](O[C@H]1[C@H]2O[P@@](=O)(S)OC[C@H]3C[C@@H](Oc4ccncn4)C[C@@H]3O[P@](=O)(S)OC[C@H]1O[C@H]2n1cc(F)c2c(=O)[nH]cnc21)(C(C)C)C(C)C)C(C)C. The Morgan fingerprint density at radius 3 is 2.26 bits per heavy atom. The summed E-state index contributed by atoms with van der Waals surface area (Å²) >= 11 is 8.76. The fourth-order valence-corrected chi connectivity index (χ4v) is 20.8. The number of nitrogens with zero attached hydrogens (tertiary/aromatic N) is 4. The molecular formula is C33H52FN5O12P2S2Si2. The maximum atomic E-state index is 15.5. The summed E-state index contributed by atoms with van der Waals surface area (Å²) in [4.78, 5) is 39.6. The lowest BCUT2D eigenvalue weighted by Gasteiger charge is -2.47. The van der Waals surface area contributed by atoms with Gasteiger partial charge in [0.05, 0.1) is 25.6 Å². The highest BCUT2D eigenvalue weighted by Crippen LogP contribution is 2.61. The van der Waals surface area contributed by atoms with E-state index in [0.717, 1.165) is 12.5 Å². The minimum Gasteiger partial charge on any atom is -0.474 e. The number of aromatic amines is 1. The largest absolute Gasteiger partial charge is 0.474 e. The van der Waals surface area contributed by atoms with Gasteiger partial charge in [-0.2, -0.15) is 0 Å². The molecule has 318 valence electrons. The minimum atomic E-state index is -4.38. The number of ether oxygens (including phenoxy) is 2. The third kappa shape index (κ3) is 9.54. The van der Waals surface area contributed by atoms with Gasteiger partial charge in [0.1, 0.15) is 36.1 Å². The van der Waals surface area contributed by atoms with Crippen LogP contribution >= 0.6 is 38.1 Å². The predicted octanol–water partition coefficient (Wildman–Crippen LogP) is 7.22. The van der Waals surface area contributed by atoms with E-state index in [-0.39, 0.29) is 46.2 Å². The molecule has 5 heterocycles. The van der Waals surface area contributed by atoms with E-state index in [4.69, 9.17) is 36.1 Å². The van der Waals surface area contributed by atoms with Gasteiger partial charge in [0.25, 0.3) is 5.56 Å². The number of hydrogen-bond acceptors (Lipinski definition) is 15. The van der Waals surface area contributed by atoms with Crippen LogP contribution in [0.15, 0.2) is 35.9 Å². The van der Waals surface area contributed by atoms with Crippen LogP contribution in [-0.2, 0) is 40.5 Å². The molecule has 17 nitrogen and oxygen atoms in total. The first-order valence-electron chi connectivity index (χ1n) is 18.9. The van der Waals surface area contributed by atoms with E-state index < -0.39 is 91.4 Å². The molecule has 0 unspecified atom stereocenters. The van der Waals surface area contributed by atoms with Crippen molar-refractivity contribution in [2.75, 3.05) is 13.2 Å². The topological polar surface area (TPSA) is 205 Å². The molecule has 0 amide bonds. The van der Waals surface area contributed by atoms with Crippen molar-refractivity contribution >= 4 is 66.2 Å². The Kier molecular flexibility index (Phi) is 13.8. The summed E-state index contributed by atoms with van der Waals surface area (Å²) in [5, 5.41) is -0.350. The average molecular weight is 912 g/mol. The molecule has 0 aromatic carbocycles. The van der Waals surface area contributed by atoms with E-state index in [1.807, 2.05) is 55.4 Å². The van der Waals surface area contributed by atoms with Crippen LogP contribution in [0, 0.1) is 11.7 Å². The van der Waals surface area contributed by atoms with Gasteiger partial charge in [-0.15, -0.1) is 0 Å². The molecule has 1 aliphatic carbocycles. The van der Waals surface area contributed by atoms with Crippen molar-refractivity contribution in [3.63, 3.8) is 0 Å². The minimum absolute atomic E-state index is 0.105. The number of hydrogen-bond donors (Lipinski definition) is 4. The van der Waals surface area contributed by atoms with Crippen LogP contribution < -0.4 is 10.3 Å². The van der Waals surface area contributed by atoms with Gasteiger partial charge in [0.2, 0.25) is 5.88 Å². The standard InChI is InChI=1S/C33H52FN5O12P2S2Si2/c1-18(2)56(43,19(3)4)51-57(20(5)6,21(7)8)50-29-26-15-45-52(41,54)48-25-12-23(46-27-9-10-35-16-36-27)11-22(25)14-44-53(42,55)49-30(29)33(47-26)39-13-24(34)28-31(39)37-17-38-32(28)40/h9-10,13,16-23,25-26,29-30,33,43H,11-12,14-15H2,1-8H3,(H,41,54)(H,42,55)(H,37,38,40)/t22-,23-,25+,26-,29-,30-,33-,52-,53+/m1/s1. The van der Waals surface area contributed by atoms with Crippen molar-refractivity contribution in [3.05, 3.63) is 47.3 Å². The van der Waals surface area contributed by atoms with Gasteiger partial charge in [-0.25, -0.2) is 28.5 Å². The summed E-state index contributed by atoms with van der Waals surface area (Å²) in [5.74, 6) is -1.12. The fourth-order valence-electron chi connectivity index (χ4n) is 7.83. The van der Waals surface area contributed by atoms with Crippen LogP contribution in [0.5, 0.6) is 5.88 Å². The van der Waals surface area contributed by atoms with E-state index in [9.17, 15) is 18.7 Å². The Labute approximate surface area is 343 Å². The molecule has 1 saturated carbocycles. The summed E-state index contributed by atoms with van der Waals surface area (Å²) in [6, 6.07) is 1.60. The average Bonchev–Trinajstić information content (AvgIpc) is 3.78. The Balaban J connectivity index is 1.43. The van der Waals surface area contributed by atoms with Crippen LogP contribution in [0.25, 0.3) is 11.0 Å². The van der Waals surface area contributed by atoms with Crippen molar-refractivity contribution in [1.29, 1.82) is 0 Å². The number of thiol groups is 2. The number of aromatic nitrogens is 5. The van der Waals surface area contributed by atoms with Gasteiger partial charge in [0.15, 0.2) is 17.7 Å². The highest BCUT2D eigenvalue weighted by molar-refractivity contribution is 8.44. The molecule has 3 aromatic rings. The highest BCUT2D eigenvalue weighted by Gasteiger charge is 2.60. The third-order valence-electron chi connectivity index (χ3n) is 10.8. The van der Waals surface area contributed by atoms with Crippen molar-refractivity contribution in [2.24, 2.45) is 5.92 Å². The Morgan fingerprint density at radius 2 is 1.63 bits per heavy atom. The maximum Gasteiger partial charge on any atom is 0.386 e. The molecule has 9 atom stereocenters. The zero-order valence-corrected chi connectivity index (χ0v) is 38.5. The van der Waals surface area contributed by atoms with Crippen molar-refractivity contribution < 1.29 is 54.4 Å². The molecule has 3 fully saturated rings. The summed E-state index contributed by atoms with van der Waals surface area (Å²) < 4.78 is 96.3. The fraction of sp³-hybridized carbons (Fsp3) is 0.697. The van der Waals surface area contributed by atoms with Gasteiger partial charge in [0, 0.05) is 30.8 Å². The third-order valence-corrected chi connectivity index (χ3v) is 23.9. The molecule has 2 bridgehead atoms. The lowest BCUT2D eigenvalue weighted by Crippen LogP contribution is -2.62. The van der Waals surface area contributed by atoms with Gasteiger partial charge < -0.3 is 36.9 Å². The molecule has 3 aromatic heterocycles. The van der Waals surface area contributed by atoms with Crippen molar-refractivity contribution in [3.8, 4) is 5.88 Å². The van der Waals surface area contributed by atoms with Crippen LogP contribution in [0.2, 0.25) is 22.2 Å². The molecule has 2 saturated heterocycles. The number of rotatable bonds is 11. The number of halogens is 1. The second-order valence-electron chi connectivity index (χ2n) is 15.9. The second-order valence-corrected chi connectivity index (χ2v) is 30.3. The van der Waals surface area contributed by atoms with E-state index >= 15 is 4.39 Å². The normalized spacial score (nSPS) is 31.8. The first kappa shape index (κ1) is 45.0. The molecule has 2 N–H and O–H groups in total. The molecule has 2 aliphatic heterocycles. The Morgan fingerprint density at radius 1 is 0.965 bits per heavy atom. The highest BCUT2D eigenvalue weighted by atomic mass is 32.7. The summed E-state index contributed by atoms with van der Waals surface area (Å²) in [5.41, 5.74) is -1.86. The summed E-state index contributed by atoms with van der Waals surface area (Å²) in [6.07, 6.45) is -0.938. The quantitative estimate of drug-likeness (QED) is 0.0852. The Bertz CT molecular complexity index is 2020. The summed E-state index contributed by atoms with van der Waals surface area (Å²) in [7, 11) is -7.14. The monoisotopic (exact) mass is 911 g/mol. The predicted molar refractivity (Wildman–Crippen MR) is 218 cm³/mol. The lowest BCUT2D eigenvalue weighted by atomic mass is 10.1. The molecule has 0 radical (unpaired) electrons. The molecule has 6 rings (SSSR count). The second kappa shape index (κ2) is 17.5. The Hall–Kier alpha value is -1.50. The van der Waals surface area contributed by atoms with Gasteiger partial charge in [-0.05, 0) is 28.6 Å². The molecular weight excluding hydrogens is 860 g/mol. The van der Waals surface area contributed by atoms with E-state index in [2.05, 4.69) is 44.4 Å². The van der Waals surface area contributed by atoms with Gasteiger partial charge in [-0.1, -0.05) is 79.9 Å². The zero-order chi connectivity index (χ0) is 41.7. The van der Waals surface area contributed by atoms with Gasteiger partial charge >= 0.3 is 30.7 Å².